The minimum absolute atomic E-state index is 0.115. The monoisotopic (exact) mass is 276 g/mol. The van der Waals surface area contributed by atoms with Crippen molar-refractivity contribution in [2.24, 2.45) is 11.1 Å². The van der Waals surface area contributed by atoms with Crippen molar-refractivity contribution in [1.29, 1.82) is 0 Å². The van der Waals surface area contributed by atoms with Crippen molar-refractivity contribution < 1.29 is 13.2 Å². The first-order chi connectivity index (χ1) is 8.95. The van der Waals surface area contributed by atoms with E-state index in [2.05, 4.69) is 4.90 Å². The Morgan fingerprint density at radius 3 is 2.37 bits per heavy atom. The third-order valence-corrected chi connectivity index (χ3v) is 4.56. The summed E-state index contributed by atoms with van der Waals surface area (Å²) in [5.41, 5.74) is 5.70. The Hall–Kier alpha value is -0.550. The number of halogens is 3. The number of hydrogen-bond acceptors (Lipinski definition) is 2. The molecule has 5 heteroatoms. The van der Waals surface area contributed by atoms with Crippen LogP contribution in [0.2, 0.25) is 0 Å². The van der Waals surface area contributed by atoms with Gasteiger partial charge in [0, 0.05) is 25.2 Å². The van der Waals surface area contributed by atoms with E-state index in [1.165, 1.54) is 25.3 Å². The van der Waals surface area contributed by atoms with Crippen molar-refractivity contribution in [3.63, 3.8) is 0 Å². The average Bonchev–Trinajstić information content (AvgIpc) is 2.39. The van der Waals surface area contributed by atoms with E-state index in [1.54, 1.807) is 0 Å². The summed E-state index contributed by atoms with van der Waals surface area (Å²) in [6.45, 7) is 2.42. The summed E-state index contributed by atoms with van der Waals surface area (Å²) in [5, 5.41) is 0. The third kappa shape index (κ3) is 3.72. The first-order valence-electron chi connectivity index (χ1n) is 7.14. The molecule has 2 aliphatic rings. The van der Waals surface area contributed by atoms with E-state index in [-0.39, 0.29) is 17.4 Å². The minimum Gasteiger partial charge on any atom is -0.330 e. The van der Waals surface area contributed by atoms with E-state index in [0.29, 0.717) is 19.6 Å². The van der Waals surface area contributed by atoms with Crippen molar-refractivity contribution in [3.8, 4) is 0 Å². The molecule has 0 saturated heterocycles. The van der Waals surface area contributed by atoms with Gasteiger partial charge in [0.25, 0.3) is 0 Å². The number of alkyl halides is 3. The molecule has 1 saturated carbocycles. The molecule has 0 spiro atoms. The Balaban J connectivity index is 1.93. The molecule has 0 aromatic heterocycles. The van der Waals surface area contributed by atoms with Gasteiger partial charge in [-0.05, 0) is 31.2 Å². The van der Waals surface area contributed by atoms with Crippen LogP contribution in [0.5, 0.6) is 0 Å². The van der Waals surface area contributed by atoms with Crippen molar-refractivity contribution in [3.05, 3.63) is 11.6 Å². The summed E-state index contributed by atoms with van der Waals surface area (Å²) in [6, 6.07) is 0. The second-order valence-corrected chi connectivity index (χ2v) is 5.98. The van der Waals surface area contributed by atoms with Crippen LogP contribution in [0.1, 0.15) is 38.5 Å². The van der Waals surface area contributed by atoms with E-state index < -0.39 is 6.18 Å². The summed E-state index contributed by atoms with van der Waals surface area (Å²) < 4.78 is 37.7. The molecule has 0 aromatic rings. The molecule has 2 rings (SSSR count). The predicted octanol–water partition coefficient (Wildman–Crippen LogP) is 3.09. The average molecular weight is 276 g/mol. The highest BCUT2D eigenvalue weighted by molar-refractivity contribution is 5.13. The summed E-state index contributed by atoms with van der Waals surface area (Å²) in [7, 11) is 0. The van der Waals surface area contributed by atoms with Gasteiger partial charge in [-0.25, -0.2) is 0 Å². The first-order valence-corrected chi connectivity index (χ1v) is 7.14. The molecule has 2 N–H and O–H groups in total. The quantitative estimate of drug-likeness (QED) is 0.803. The molecule has 0 bridgehead atoms. The molecule has 1 aliphatic heterocycles. The lowest BCUT2D eigenvalue weighted by Gasteiger charge is -2.41. The molecular formula is C14H23F3N2. The van der Waals surface area contributed by atoms with Gasteiger partial charge in [-0.3, -0.25) is 4.90 Å². The summed E-state index contributed by atoms with van der Waals surface area (Å²) in [6.07, 6.45) is 3.22. The largest absolute Gasteiger partial charge is 0.412 e. The zero-order valence-electron chi connectivity index (χ0n) is 11.3. The fraction of sp³-hybridized carbons (Fsp3) is 0.857. The van der Waals surface area contributed by atoms with Crippen LogP contribution in [0.4, 0.5) is 13.2 Å². The van der Waals surface area contributed by atoms with Crippen LogP contribution in [0.3, 0.4) is 0 Å². The maximum Gasteiger partial charge on any atom is 0.412 e. The predicted molar refractivity (Wildman–Crippen MR) is 69.8 cm³/mol. The molecule has 1 fully saturated rings. The van der Waals surface area contributed by atoms with Gasteiger partial charge in [-0.15, -0.1) is 0 Å². The Labute approximate surface area is 112 Å². The Morgan fingerprint density at radius 2 is 1.89 bits per heavy atom. The zero-order valence-corrected chi connectivity index (χ0v) is 11.3. The second kappa shape index (κ2) is 5.83. The smallest absolute Gasteiger partial charge is 0.330 e. The van der Waals surface area contributed by atoms with Crippen LogP contribution in [0.15, 0.2) is 11.6 Å². The van der Waals surface area contributed by atoms with Crippen molar-refractivity contribution >= 4 is 0 Å². The van der Waals surface area contributed by atoms with E-state index in [1.807, 2.05) is 0 Å². The molecule has 0 atom stereocenters. The fourth-order valence-electron chi connectivity index (χ4n) is 3.32. The van der Waals surface area contributed by atoms with Crippen molar-refractivity contribution in [2.45, 2.75) is 44.7 Å². The first kappa shape index (κ1) is 14.9. The number of hydrogen-bond donors (Lipinski definition) is 1. The van der Waals surface area contributed by atoms with Gasteiger partial charge in [0.05, 0.1) is 0 Å². The minimum atomic E-state index is -4.15. The Morgan fingerprint density at radius 1 is 1.21 bits per heavy atom. The molecule has 0 amide bonds. The van der Waals surface area contributed by atoms with E-state index in [4.69, 9.17) is 5.73 Å². The molecule has 19 heavy (non-hydrogen) atoms. The molecule has 110 valence electrons. The number of nitrogens with zero attached hydrogens (tertiary/aromatic N) is 1. The van der Waals surface area contributed by atoms with Crippen LogP contribution in [-0.4, -0.2) is 37.3 Å². The molecule has 1 heterocycles. The van der Waals surface area contributed by atoms with Crippen molar-refractivity contribution in [2.75, 3.05) is 26.2 Å². The zero-order chi connectivity index (χ0) is 13.9. The van der Waals surface area contributed by atoms with E-state index in [0.717, 1.165) is 19.4 Å². The maximum absolute atomic E-state index is 12.6. The highest BCUT2D eigenvalue weighted by Gasteiger charge is 2.37. The van der Waals surface area contributed by atoms with Crippen LogP contribution in [0, 0.1) is 5.41 Å². The van der Waals surface area contributed by atoms with Gasteiger partial charge >= 0.3 is 6.18 Å². The summed E-state index contributed by atoms with van der Waals surface area (Å²) in [4.78, 5) is 2.13. The lowest BCUT2D eigenvalue weighted by atomic mass is 9.73. The Kier molecular flexibility index (Phi) is 4.56. The highest BCUT2D eigenvalue weighted by atomic mass is 19.4. The van der Waals surface area contributed by atoms with Crippen molar-refractivity contribution in [1.82, 2.24) is 4.90 Å². The summed E-state index contributed by atoms with van der Waals surface area (Å²) in [5.74, 6) is 0. The molecule has 1 aliphatic carbocycles. The standard InChI is InChI=1S/C14H23F3N2/c15-14(16,17)12-4-8-19(9-5-12)11-13(10-18)6-2-1-3-7-13/h4H,1-3,5-11,18H2. The number of rotatable bonds is 3. The fourth-order valence-corrected chi connectivity index (χ4v) is 3.32. The maximum atomic E-state index is 12.6. The lowest BCUT2D eigenvalue weighted by Crippen LogP contribution is -2.45. The van der Waals surface area contributed by atoms with Gasteiger partial charge < -0.3 is 5.73 Å². The van der Waals surface area contributed by atoms with Crippen LogP contribution in [-0.2, 0) is 0 Å². The third-order valence-electron chi connectivity index (χ3n) is 4.56. The second-order valence-electron chi connectivity index (χ2n) is 5.98. The van der Waals surface area contributed by atoms with E-state index >= 15 is 0 Å². The van der Waals surface area contributed by atoms with Gasteiger partial charge in [-0.2, -0.15) is 13.2 Å². The normalized spacial score (nSPS) is 25.2. The SMILES string of the molecule is NCC1(CN2CC=C(C(F)(F)F)CC2)CCCCC1. The molecule has 0 aromatic carbocycles. The van der Waals surface area contributed by atoms with Crippen LogP contribution >= 0.6 is 0 Å². The van der Waals surface area contributed by atoms with Gasteiger partial charge in [-0.1, -0.05) is 25.3 Å². The highest BCUT2D eigenvalue weighted by Crippen LogP contribution is 2.37. The summed E-state index contributed by atoms with van der Waals surface area (Å²) >= 11 is 0. The molecular weight excluding hydrogens is 253 g/mol. The van der Waals surface area contributed by atoms with Crippen LogP contribution < -0.4 is 5.73 Å². The van der Waals surface area contributed by atoms with Gasteiger partial charge in [0.1, 0.15) is 0 Å². The Bertz CT molecular complexity index is 330. The number of nitrogens with two attached hydrogens (primary N) is 1. The molecule has 0 radical (unpaired) electrons. The van der Waals surface area contributed by atoms with Crippen LogP contribution in [0.25, 0.3) is 0 Å². The topological polar surface area (TPSA) is 29.3 Å². The molecule has 2 nitrogen and oxygen atoms in total. The van der Waals surface area contributed by atoms with Gasteiger partial charge in [0.15, 0.2) is 0 Å². The van der Waals surface area contributed by atoms with E-state index in [9.17, 15) is 13.2 Å². The molecule has 0 unspecified atom stereocenters. The van der Waals surface area contributed by atoms with Gasteiger partial charge in [0.2, 0.25) is 0 Å². The lowest BCUT2D eigenvalue weighted by molar-refractivity contribution is -0.0963.